The van der Waals surface area contributed by atoms with E-state index in [-0.39, 0.29) is 6.61 Å². The standard InChI is InChI=1S/C13H17NOS/c1-2-16-8-7-14-6-5-12-4-3-11(10-15)9-13(12)14/h3-6,9,15H,2,7-8,10H2,1H3. The molecule has 0 saturated heterocycles. The Morgan fingerprint density at radius 2 is 2.19 bits per heavy atom. The number of rotatable bonds is 5. The molecular formula is C13H17NOS. The molecule has 0 fully saturated rings. The highest BCUT2D eigenvalue weighted by molar-refractivity contribution is 7.99. The van der Waals surface area contributed by atoms with Crippen molar-refractivity contribution in [3.63, 3.8) is 0 Å². The number of hydrogen-bond donors (Lipinski definition) is 1. The fourth-order valence-electron chi connectivity index (χ4n) is 1.83. The number of benzene rings is 1. The van der Waals surface area contributed by atoms with Crippen molar-refractivity contribution < 1.29 is 5.11 Å². The number of aromatic nitrogens is 1. The number of aryl methyl sites for hydroxylation is 1. The topological polar surface area (TPSA) is 25.2 Å². The molecule has 86 valence electrons. The summed E-state index contributed by atoms with van der Waals surface area (Å²) in [5.41, 5.74) is 2.21. The van der Waals surface area contributed by atoms with E-state index in [4.69, 9.17) is 5.11 Å². The fraction of sp³-hybridized carbons (Fsp3) is 0.385. The van der Waals surface area contributed by atoms with Crippen LogP contribution in [0.5, 0.6) is 0 Å². The third-order valence-electron chi connectivity index (χ3n) is 2.70. The van der Waals surface area contributed by atoms with Crippen LogP contribution in [-0.2, 0) is 13.2 Å². The van der Waals surface area contributed by atoms with Crippen molar-refractivity contribution in [2.24, 2.45) is 0 Å². The summed E-state index contributed by atoms with van der Waals surface area (Å²) in [6, 6.07) is 8.26. The van der Waals surface area contributed by atoms with E-state index in [1.807, 2.05) is 17.8 Å². The third-order valence-corrected chi connectivity index (χ3v) is 3.58. The maximum absolute atomic E-state index is 9.13. The number of nitrogens with zero attached hydrogens (tertiary/aromatic N) is 1. The predicted molar refractivity (Wildman–Crippen MR) is 70.9 cm³/mol. The van der Waals surface area contributed by atoms with Crippen molar-refractivity contribution in [1.82, 2.24) is 4.57 Å². The first-order chi connectivity index (χ1) is 7.85. The zero-order valence-electron chi connectivity index (χ0n) is 9.52. The molecule has 3 heteroatoms. The van der Waals surface area contributed by atoms with Crippen molar-refractivity contribution in [2.75, 3.05) is 11.5 Å². The second-order valence-corrected chi connectivity index (χ2v) is 5.15. The van der Waals surface area contributed by atoms with E-state index in [9.17, 15) is 0 Å². The van der Waals surface area contributed by atoms with Crippen LogP contribution in [0.1, 0.15) is 12.5 Å². The smallest absolute Gasteiger partial charge is 0.0682 e. The van der Waals surface area contributed by atoms with E-state index < -0.39 is 0 Å². The molecule has 2 nitrogen and oxygen atoms in total. The molecule has 2 rings (SSSR count). The molecule has 0 aliphatic carbocycles. The lowest BCUT2D eigenvalue weighted by molar-refractivity contribution is 0.282. The van der Waals surface area contributed by atoms with E-state index in [0.29, 0.717) is 0 Å². The molecular weight excluding hydrogens is 218 g/mol. The monoisotopic (exact) mass is 235 g/mol. The highest BCUT2D eigenvalue weighted by Crippen LogP contribution is 2.18. The molecule has 0 atom stereocenters. The molecule has 1 heterocycles. The van der Waals surface area contributed by atoms with Crippen LogP contribution in [0, 0.1) is 0 Å². The third kappa shape index (κ3) is 2.42. The van der Waals surface area contributed by atoms with Gasteiger partial charge in [0.2, 0.25) is 0 Å². The fourth-order valence-corrected chi connectivity index (χ4v) is 2.44. The van der Waals surface area contributed by atoms with Gasteiger partial charge in [0.1, 0.15) is 0 Å². The molecule has 0 radical (unpaired) electrons. The van der Waals surface area contributed by atoms with Crippen molar-refractivity contribution >= 4 is 22.7 Å². The highest BCUT2D eigenvalue weighted by atomic mass is 32.2. The quantitative estimate of drug-likeness (QED) is 0.806. The van der Waals surface area contributed by atoms with Crippen molar-refractivity contribution in [1.29, 1.82) is 0 Å². The summed E-state index contributed by atoms with van der Waals surface area (Å²) in [6.45, 7) is 3.34. The summed E-state index contributed by atoms with van der Waals surface area (Å²) in [5.74, 6) is 2.31. The highest BCUT2D eigenvalue weighted by Gasteiger charge is 2.01. The average molecular weight is 235 g/mol. The SMILES string of the molecule is CCSCCn1ccc2ccc(CO)cc21. The second kappa shape index (κ2) is 5.41. The van der Waals surface area contributed by atoms with Crippen molar-refractivity contribution in [2.45, 2.75) is 20.1 Å². The Bertz CT molecular complexity index is 464. The molecule has 0 bridgehead atoms. The van der Waals surface area contributed by atoms with Crippen LogP contribution in [0.4, 0.5) is 0 Å². The molecule has 1 aromatic carbocycles. The summed E-state index contributed by atoms with van der Waals surface area (Å²) >= 11 is 1.95. The van der Waals surface area contributed by atoms with Gasteiger partial charge in [-0.1, -0.05) is 19.1 Å². The van der Waals surface area contributed by atoms with Crippen molar-refractivity contribution in [3.8, 4) is 0 Å². The normalized spacial score (nSPS) is 11.1. The summed E-state index contributed by atoms with van der Waals surface area (Å²) in [7, 11) is 0. The van der Waals surface area contributed by atoms with Crippen molar-refractivity contribution in [3.05, 3.63) is 36.0 Å². The van der Waals surface area contributed by atoms with Gasteiger partial charge in [-0.25, -0.2) is 0 Å². The van der Waals surface area contributed by atoms with Gasteiger partial charge in [0.05, 0.1) is 6.61 Å². The average Bonchev–Trinajstić information content (AvgIpc) is 2.72. The lowest BCUT2D eigenvalue weighted by Crippen LogP contribution is -1.99. The van der Waals surface area contributed by atoms with Crippen LogP contribution in [-0.4, -0.2) is 21.2 Å². The number of hydrogen-bond acceptors (Lipinski definition) is 2. The largest absolute Gasteiger partial charge is 0.392 e. The Labute approximate surface area is 100 Å². The number of aliphatic hydroxyl groups is 1. The van der Waals surface area contributed by atoms with Gasteiger partial charge < -0.3 is 9.67 Å². The minimum atomic E-state index is 0.116. The van der Waals surface area contributed by atoms with Gasteiger partial charge in [0, 0.05) is 24.0 Å². The van der Waals surface area contributed by atoms with Crippen LogP contribution in [0.2, 0.25) is 0 Å². The van der Waals surface area contributed by atoms with E-state index in [0.717, 1.165) is 17.9 Å². The molecule has 0 unspecified atom stereocenters. The summed E-state index contributed by atoms with van der Waals surface area (Å²) in [6.07, 6.45) is 2.13. The minimum absolute atomic E-state index is 0.116. The van der Waals surface area contributed by atoms with Gasteiger partial charge in [-0.15, -0.1) is 0 Å². The summed E-state index contributed by atoms with van der Waals surface area (Å²) in [4.78, 5) is 0. The van der Waals surface area contributed by atoms with Crippen LogP contribution in [0.25, 0.3) is 10.9 Å². The van der Waals surface area contributed by atoms with Crippen LogP contribution in [0.3, 0.4) is 0 Å². The van der Waals surface area contributed by atoms with Gasteiger partial charge in [-0.3, -0.25) is 0 Å². The van der Waals surface area contributed by atoms with Gasteiger partial charge in [-0.2, -0.15) is 11.8 Å². The molecule has 0 amide bonds. The second-order valence-electron chi connectivity index (χ2n) is 3.76. The van der Waals surface area contributed by atoms with Gasteiger partial charge >= 0.3 is 0 Å². The van der Waals surface area contributed by atoms with Gasteiger partial charge in [-0.05, 0) is 28.8 Å². The first-order valence-corrected chi connectivity index (χ1v) is 6.77. The number of fused-ring (bicyclic) bond motifs is 1. The predicted octanol–water partition coefficient (Wildman–Crippen LogP) is 2.89. The molecule has 2 aromatic rings. The van der Waals surface area contributed by atoms with Gasteiger partial charge in [0.15, 0.2) is 0 Å². The molecule has 0 aliphatic rings. The summed E-state index contributed by atoms with van der Waals surface area (Å²) < 4.78 is 2.26. The zero-order valence-corrected chi connectivity index (χ0v) is 10.3. The minimum Gasteiger partial charge on any atom is -0.392 e. The number of thioether (sulfide) groups is 1. The van der Waals surface area contributed by atoms with Gasteiger partial charge in [0.25, 0.3) is 0 Å². The van der Waals surface area contributed by atoms with Crippen LogP contribution in [0.15, 0.2) is 30.5 Å². The Kier molecular flexibility index (Phi) is 3.91. The lowest BCUT2D eigenvalue weighted by atomic mass is 10.2. The van der Waals surface area contributed by atoms with E-state index in [1.165, 1.54) is 16.7 Å². The van der Waals surface area contributed by atoms with Crippen LogP contribution >= 0.6 is 11.8 Å². The first kappa shape index (κ1) is 11.6. The maximum atomic E-state index is 9.13. The molecule has 0 saturated carbocycles. The molecule has 1 aromatic heterocycles. The number of aliphatic hydroxyl groups excluding tert-OH is 1. The van der Waals surface area contributed by atoms with E-state index in [2.05, 4.69) is 35.9 Å². The van der Waals surface area contributed by atoms with E-state index >= 15 is 0 Å². The van der Waals surface area contributed by atoms with E-state index in [1.54, 1.807) is 0 Å². The summed E-state index contributed by atoms with van der Waals surface area (Å²) in [5, 5.41) is 10.4. The Balaban J connectivity index is 2.24. The van der Waals surface area contributed by atoms with Crippen LogP contribution < -0.4 is 0 Å². The lowest BCUT2D eigenvalue weighted by Gasteiger charge is -2.05. The Hall–Kier alpha value is -0.930. The zero-order chi connectivity index (χ0) is 11.4. The molecule has 0 aliphatic heterocycles. The molecule has 0 spiro atoms. The Morgan fingerprint density at radius 1 is 1.31 bits per heavy atom. The molecule has 1 N–H and O–H groups in total. The first-order valence-electron chi connectivity index (χ1n) is 5.61. The molecule has 16 heavy (non-hydrogen) atoms. The Morgan fingerprint density at radius 3 is 2.94 bits per heavy atom. The maximum Gasteiger partial charge on any atom is 0.0682 e.